The zero-order valence-corrected chi connectivity index (χ0v) is 12.4. The van der Waals surface area contributed by atoms with Gasteiger partial charge in [0, 0.05) is 30.6 Å². The van der Waals surface area contributed by atoms with Gasteiger partial charge < -0.3 is 14.7 Å². The number of ether oxygens (including phenoxy) is 1. The van der Waals surface area contributed by atoms with Gasteiger partial charge >= 0.3 is 0 Å². The van der Waals surface area contributed by atoms with Gasteiger partial charge in [0.2, 0.25) is 0 Å². The quantitative estimate of drug-likeness (QED) is 0.807. The Bertz CT molecular complexity index is 497. The van der Waals surface area contributed by atoms with Crippen LogP contribution in [-0.2, 0) is 6.54 Å². The van der Waals surface area contributed by atoms with Crippen LogP contribution in [0.2, 0.25) is 0 Å². The fraction of sp³-hybridized carbons (Fsp3) is 0.529. The average molecular weight is 273 g/mol. The van der Waals surface area contributed by atoms with Gasteiger partial charge in [0.1, 0.15) is 5.75 Å². The molecule has 1 aliphatic rings. The van der Waals surface area contributed by atoms with E-state index in [1.165, 1.54) is 18.4 Å². The molecule has 3 nitrogen and oxygen atoms in total. The zero-order valence-electron chi connectivity index (χ0n) is 12.4. The Labute approximate surface area is 121 Å². The summed E-state index contributed by atoms with van der Waals surface area (Å²) in [7, 11) is 3.86. The molecule has 108 valence electrons. The number of rotatable bonds is 6. The predicted molar refractivity (Wildman–Crippen MR) is 80.6 cm³/mol. The molecule has 1 fully saturated rings. The molecule has 1 aromatic rings. The molecule has 0 unspecified atom stereocenters. The molecule has 20 heavy (non-hydrogen) atoms. The lowest BCUT2D eigenvalue weighted by molar-refractivity contribution is 0.305. The molecular formula is C17H23NO2. The van der Waals surface area contributed by atoms with Gasteiger partial charge in [-0.15, -0.1) is 0 Å². The highest BCUT2D eigenvalue weighted by Crippen LogP contribution is 2.30. The summed E-state index contributed by atoms with van der Waals surface area (Å²) in [6.07, 6.45) is 3.26. The summed E-state index contributed by atoms with van der Waals surface area (Å²) < 4.78 is 5.43. The first-order valence-electron chi connectivity index (χ1n) is 7.18. The summed E-state index contributed by atoms with van der Waals surface area (Å²) in [5.41, 5.74) is 2.15. The maximum absolute atomic E-state index is 8.76. The van der Waals surface area contributed by atoms with Gasteiger partial charge in [0.25, 0.3) is 0 Å². The molecular weight excluding hydrogens is 250 g/mol. The highest BCUT2D eigenvalue weighted by molar-refractivity contribution is 5.44. The van der Waals surface area contributed by atoms with E-state index in [4.69, 9.17) is 9.84 Å². The van der Waals surface area contributed by atoms with Crippen LogP contribution in [-0.4, -0.2) is 37.3 Å². The topological polar surface area (TPSA) is 32.7 Å². The van der Waals surface area contributed by atoms with Crippen molar-refractivity contribution in [2.45, 2.75) is 25.8 Å². The van der Waals surface area contributed by atoms with Gasteiger partial charge in [-0.1, -0.05) is 11.8 Å². The summed E-state index contributed by atoms with van der Waals surface area (Å²) in [6.45, 7) is 2.15. The second-order valence-corrected chi connectivity index (χ2v) is 5.44. The first-order chi connectivity index (χ1) is 9.72. The molecule has 1 aromatic carbocycles. The first-order valence-corrected chi connectivity index (χ1v) is 7.18. The summed E-state index contributed by atoms with van der Waals surface area (Å²) in [4.78, 5) is 2.35. The lowest BCUT2D eigenvalue weighted by atomic mass is 10.1. The highest BCUT2D eigenvalue weighted by Gasteiger charge is 2.23. The second-order valence-electron chi connectivity index (χ2n) is 5.44. The van der Waals surface area contributed by atoms with E-state index in [0.717, 1.165) is 30.3 Å². The van der Waals surface area contributed by atoms with Crippen molar-refractivity contribution < 1.29 is 9.84 Å². The molecule has 0 heterocycles. The first kappa shape index (κ1) is 14.9. The van der Waals surface area contributed by atoms with E-state index < -0.39 is 0 Å². The minimum atomic E-state index is 0.111. The molecule has 0 spiro atoms. The maximum Gasteiger partial charge on any atom is 0.123 e. The molecule has 0 atom stereocenters. The van der Waals surface area contributed by atoms with E-state index >= 15 is 0 Å². The van der Waals surface area contributed by atoms with Crippen molar-refractivity contribution in [1.29, 1.82) is 0 Å². The van der Waals surface area contributed by atoms with Gasteiger partial charge in [-0.25, -0.2) is 0 Å². The smallest absolute Gasteiger partial charge is 0.123 e. The van der Waals surface area contributed by atoms with Gasteiger partial charge in [-0.2, -0.15) is 0 Å². The van der Waals surface area contributed by atoms with Crippen molar-refractivity contribution in [3.63, 3.8) is 0 Å². The largest absolute Gasteiger partial charge is 0.496 e. The van der Waals surface area contributed by atoms with Crippen LogP contribution in [0.3, 0.4) is 0 Å². The Morgan fingerprint density at radius 2 is 2.20 bits per heavy atom. The maximum atomic E-state index is 8.76. The number of hydrogen-bond donors (Lipinski definition) is 1. The van der Waals surface area contributed by atoms with Crippen LogP contribution in [0.1, 0.15) is 30.4 Å². The molecule has 0 aromatic heterocycles. The SMILES string of the molecule is COc1ccc(C#CCCO)cc1CN(C)CC1CC1. The van der Waals surface area contributed by atoms with Gasteiger partial charge in [-0.3, -0.25) is 0 Å². The van der Waals surface area contributed by atoms with Crippen LogP contribution in [0, 0.1) is 17.8 Å². The highest BCUT2D eigenvalue weighted by atomic mass is 16.5. The van der Waals surface area contributed by atoms with Crippen LogP contribution < -0.4 is 4.74 Å². The van der Waals surface area contributed by atoms with E-state index in [1.54, 1.807) is 7.11 Å². The van der Waals surface area contributed by atoms with Crippen LogP contribution in [0.25, 0.3) is 0 Å². The number of nitrogens with zero attached hydrogens (tertiary/aromatic N) is 1. The number of hydrogen-bond acceptors (Lipinski definition) is 3. The minimum absolute atomic E-state index is 0.111. The Kier molecular flexibility index (Phi) is 5.46. The fourth-order valence-electron chi connectivity index (χ4n) is 2.30. The Balaban J connectivity index is 2.07. The second kappa shape index (κ2) is 7.33. The Hall–Kier alpha value is -1.50. The summed E-state index contributed by atoms with van der Waals surface area (Å²) >= 11 is 0. The molecule has 0 saturated heterocycles. The van der Waals surface area contributed by atoms with Crippen molar-refractivity contribution in [3.05, 3.63) is 29.3 Å². The van der Waals surface area contributed by atoms with Crippen LogP contribution >= 0.6 is 0 Å². The lowest BCUT2D eigenvalue weighted by Crippen LogP contribution is -2.20. The van der Waals surface area contributed by atoms with E-state index in [-0.39, 0.29) is 6.61 Å². The van der Waals surface area contributed by atoms with Crippen molar-refractivity contribution in [2.75, 3.05) is 27.3 Å². The normalized spacial score (nSPS) is 14.0. The van der Waals surface area contributed by atoms with Crippen molar-refractivity contribution in [1.82, 2.24) is 4.90 Å². The molecule has 0 bridgehead atoms. The lowest BCUT2D eigenvalue weighted by Gasteiger charge is -2.18. The molecule has 1 saturated carbocycles. The van der Waals surface area contributed by atoms with Crippen LogP contribution in [0.5, 0.6) is 5.75 Å². The third-order valence-electron chi connectivity index (χ3n) is 3.46. The number of methoxy groups -OCH3 is 1. The molecule has 1 aliphatic carbocycles. The minimum Gasteiger partial charge on any atom is -0.496 e. The zero-order chi connectivity index (χ0) is 14.4. The molecule has 0 amide bonds. The molecule has 0 aliphatic heterocycles. The number of aliphatic hydroxyl groups excluding tert-OH is 1. The van der Waals surface area contributed by atoms with Gasteiger partial charge in [-0.05, 0) is 44.0 Å². The number of benzene rings is 1. The van der Waals surface area contributed by atoms with Crippen LogP contribution in [0.4, 0.5) is 0 Å². The summed E-state index contributed by atoms with van der Waals surface area (Å²) in [5, 5.41) is 8.76. The van der Waals surface area contributed by atoms with Crippen molar-refractivity contribution in [3.8, 4) is 17.6 Å². The van der Waals surface area contributed by atoms with Gasteiger partial charge in [0.15, 0.2) is 0 Å². The Morgan fingerprint density at radius 1 is 1.40 bits per heavy atom. The summed E-state index contributed by atoms with van der Waals surface area (Å²) in [6, 6.07) is 6.03. The van der Waals surface area contributed by atoms with E-state index in [2.05, 4.69) is 29.9 Å². The standard InChI is InChI=1S/C17H23NO2/c1-18(12-15-6-7-15)13-16-11-14(5-3-4-10-19)8-9-17(16)20-2/h8-9,11,15,19H,4,6-7,10,12-13H2,1-2H3. The van der Waals surface area contributed by atoms with Crippen molar-refractivity contribution in [2.24, 2.45) is 5.92 Å². The molecule has 3 heteroatoms. The van der Waals surface area contributed by atoms with E-state index in [1.807, 2.05) is 12.1 Å². The molecule has 0 radical (unpaired) electrons. The third-order valence-corrected chi connectivity index (χ3v) is 3.46. The fourth-order valence-corrected chi connectivity index (χ4v) is 2.30. The van der Waals surface area contributed by atoms with Crippen molar-refractivity contribution >= 4 is 0 Å². The molecule has 1 N–H and O–H groups in total. The van der Waals surface area contributed by atoms with E-state index in [0.29, 0.717) is 6.42 Å². The Morgan fingerprint density at radius 3 is 2.85 bits per heavy atom. The van der Waals surface area contributed by atoms with E-state index in [9.17, 15) is 0 Å². The van der Waals surface area contributed by atoms with Gasteiger partial charge in [0.05, 0.1) is 13.7 Å². The van der Waals surface area contributed by atoms with Crippen LogP contribution in [0.15, 0.2) is 18.2 Å². The predicted octanol–water partition coefficient (Wildman–Crippen LogP) is 2.27. The average Bonchev–Trinajstić information content (AvgIpc) is 3.23. The molecule has 2 rings (SSSR count). The monoisotopic (exact) mass is 273 g/mol. The third kappa shape index (κ3) is 4.56. The summed E-state index contributed by atoms with van der Waals surface area (Å²) in [5.74, 6) is 7.84. The number of aliphatic hydroxyl groups is 1.